The first-order chi connectivity index (χ1) is 20.7. The molecule has 3 amide bonds. The average Bonchev–Trinajstić information content (AvgIpc) is 3.84. The lowest BCUT2D eigenvalue weighted by molar-refractivity contribution is -0.127. The second kappa shape index (κ2) is 13.4. The summed E-state index contributed by atoms with van der Waals surface area (Å²) in [5.74, 6) is 0.661. The lowest BCUT2D eigenvalue weighted by Gasteiger charge is -2.32. The summed E-state index contributed by atoms with van der Waals surface area (Å²) in [6.07, 6.45) is 5.69. The van der Waals surface area contributed by atoms with E-state index in [4.69, 9.17) is 4.74 Å². The Hall–Kier alpha value is -4.13. The molecule has 43 heavy (non-hydrogen) atoms. The Morgan fingerprint density at radius 2 is 1.60 bits per heavy atom. The molecule has 5 rings (SSSR count). The van der Waals surface area contributed by atoms with E-state index in [2.05, 4.69) is 34.9 Å². The molecule has 7 nitrogen and oxygen atoms in total. The maximum Gasteiger partial charge on any atom is 0.415 e. The summed E-state index contributed by atoms with van der Waals surface area (Å²) >= 11 is 0. The smallest absolute Gasteiger partial charge is 0.410 e. The van der Waals surface area contributed by atoms with Crippen molar-refractivity contribution in [1.29, 1.82) is 0 Å². The molecule has 3 atom stereocenters. The van der Waals surface area contributed by atoms with Gasteiger partial charge >= 0.3 is 6.09 Å². The fraction of sp³-hybridized carbons (Fsp3) is 0.417. The number of carbonyl (C=O) groups is 3. The lowest BCUT2D eigenvalue weighted by Crippen LogP contribution is -2.37. The van der Waals surface area contributed by atoms with Crippen LogP contribution in [-0.4, -0.2) is 28.8 Å². The van der Waals surface area contributed by atoms with Crippen LogP contribution in [0.1, 0.15) is 92.1 Å². The molecule has 0 aliphatic heterocycles. The molecule has 0 heterocycles. The Bertz CT molecular complexity index is 1450. The quantitative estimate of drug-likeness (QED) is 0.273. The van der Waals surface area contributed by atoms with Gasteiger partial charge in [-0.25, -0.2) is 4.79 Å². The van der Waals surface area contributed by atoms with E-state index in [0.29, 0.717) is 12.3 Å². The molecule has 0 unspecified atom stereocenters. The highest BCUT2D eigenvalue weighted by atomic mass is 16.6. The fourth-order valence-electron chi connectivity index (χ4n) is 6.09. The summed E-state index contributed by atoms with van der Waals surface area (Å²) in [4.78, 5) is 39.9. The highest BCUT2D eigenvalue weighted by molar-refractivity contribution is 5.88. The number of amides is 3. The molecule has 2 N–H and O–H groups in total. The molecular weight excluding hydrogens is 538 g/mol. The number of rotatable bonds is 9. The third kappa shape index (κ3) is 7.64. The second-order valence-corrected chi connectivity index (χ2v) is 12.2. The van der Waals surface area contributed by atoms with Crippen molar-refractivity contribution >= 4 is 23.6 Å². The van der Waals surface area contributed by atoms with Gasteiger partial charge in [0, 0.05) is 31.1 Å². The van der Waals surface area contributed by atoms with Crippen LogP contribution in [0.3, 0.4) is 0 Å². The van der Waals surface area contributed by atoms with Crippen molar-refractivity contribution in [1.82, 2.24) is 10.2 Å². The number of anilines is 1. The Kier molecular flexibility index (Phi) is 9.49. The zero-order valence-electron chi connectivity index (χ0n) is 25.7. The van der Waals surface area contributed by atoms with Gasteiger partial charge in [-0.15, -0.1) is 0 Å². The molecular formula is C36H43N3O4. The first-order valence-electron chi connectivity index (χ1n) is 15.5. The predicted molar refractivity (Wildman–Crippen MR) is 169 cm³/mol. The van der Waals surface area contributed by atoms with Crippen molar-refractivity contribution in [2.45, 2.75) is 90.8 Å². The summed E-state index contributed by atoms with van der Waals surface area (Å²) < 4.78 is 5.83. The topological polar surface area (TPSA) is 87.7 Å². The van der Waals surface area contributed by atoms with E-state index in [0.717, 1.165) is 66.5 Å². The van der Waals surface area contributed by atoms with Gasteiger partial charge in [0.1, 0.15) is 5.75 Å². The van der Waals surface area contributed by atoms with Gasteiger partial charge in [-0.3, -0.25) is 9.59 Å². The van der Waals surface area contributed by atoms with Gasteiger partial charge in [-0.2, -0.15) is 0 Å². The number of hydrogen-bond donors (Lipinski definition) is 2. The molecule has 2 fully saturated rings. The number of hydrogen-bond acceptors (Lipinski definition) is 4. The van der Waals surface area contributed by atoms with Gasteiger partial charge in [0.25, 0.3) is 0 Å². The van der Waals surface area contributed by atoms with Crippen LogP contribution in [0.5, 0.6) is 5.75 Å². The molecule has 226 valence electrons. The van der Waals surface area contributed by atoms with E-state index < -0.39 is 0 Å². The van der Waals surface area contributed by atoms with Gasteiger partial charge < -0.3 is 20.3 Å². The molecule has 3 aromatic rings. The first-order valence-corrected chi connectivity index (χ1v) is 15.5. The van der Waals surface area contributed by atoms with Gasteiger partial charge in [-0.05, 0) is 98.4 Å². The molecule has 2 aliphatic rings. The monoisotopic (exact) mass is 581 g/mol. The van der Waals surface area contributed by atoms with Gasteiger partial charge in [0.15, 0.2) is 0 Å². The Morgan fingerprint density at radius 3 is 2.28 bits per heavy atom. The Morgan fingerprint density at radius 1 is 0.907 bits per heavy atom. The summed E-state index contributed by atoms with van der Waals surface area (Å²) in [5.41, 5.74) is 6.05. The van der Waals surface area contributed by atoms with E-state index >= 15 is 0 Å². The third-order valence-corrected chi connectivity index (χ3v) is 8.93. The summed E-state index contributed by atoms with van der Waals surface area (Å²) in [5, 5.41) is 6.02. The van der Waals surface area contributed by atoms with Crippen molar-refractivity contribution in [2.75, 3.05) is 5.32 Å². The second-order valence-electron chi connectivity index (χ2n) is 12.2. The summed E-state index contributed by atoms with van der Waals surface area (Å²) in [7, 11) is 0. The molecule has 7 heteroatoms. The van der Waals surface area contributed by atoms with E-state index in [1.807, 2.05) is 68.1 Å². The minimum Gasteiger partial charge on any atom is -0.410 e. The van der Waals surface area contributed by atoms with Crippen molar-refractivity contribution in [3.8, 4) is 5.75 Å². The van der Waals surface area contributed by atoms with Gasteiger partial charge in [-0.1, -0.05) is 61.4 Å². The zero-order chi connectivity index (χ0) is 30.5. The van der Waals surface area contributed by atoms with Crippen LogP contribution in [0.2, 0.25) is 0 Å². The predicted octanol–water partition coefficient (Wildman–Crippen LogP) is 7.58. The standard InChI is InChI=1S/C36H43N3O4/c1-23-8-7-11-34(24(23)2)43-36(42)39(31-20-21-31)22-27-12-14-29(15-13-27)32-9-5-6-10-33(32)35(41)37-25(3)28-16-18-30(19-17-28)38-26(4)40/h7-8,11-19,25,31-33H,5-6,9-10,20-22H2,1-4H3,(H,37,41)(H,38,40)/t25-,32-,33-/m0/s1. The maximum atomic E-state index is 13.5. The van der Waals surface area contributed by atoms with E-state index in [1.165, 1.54) is 12.5 Å². The van der Waals surface area contributed by atoms with E-state index in [1.54, 1.807) is 0 Å². The maximum absolute atomic E-state index is 13.5. The zero-order valence-corrected chi connectivity index (χ0v) is 25.7. The van der Waals surface area contributed by atoms with Crippen LogP contribution in [0.25, 0.3) is 0 Å². The van der Waals surface area contributed by atoms with Crippen molar-refractivity contribution in [3.63, 3.8) is 0 Å². The minimum atomic E-state index is -0.303. The first kappa shape index (κ1) is 30.3. The minimum absolute atomic E-state index is 0.0845. The number of aryl methyl sites for hydroxylation is 1. The number of nitrogens with zero attached hydrogens (tertiary/aromatic N) is 1. The normalized spacial score (nSPS) is 18.8. The van der Waals surface area contributed by atoms with Crippen molar-refractivity contribution in [2.24, 2.45) is 5.92 Å². The number of ether oxygens (including phenoxy) is 1. The average molecular weight is 582 g/mol. The van der Waals surface area contributed by atoms with Crippen LogP contribution < -0.4 is 15.4 Å². The van der Waals surface area contributed by atoms with Crippen LogP contribution in [0.4, 0.5) is 10.5 Å². The molecule has 0 saturated heterocycles. The number of carbonyl (C=O) groups excluding carboxylic acids is 3. The van der Waals surface area contributed by atoms with Crippen LogP contribution in [0, 0.1) is 19.8 Å². The van der Waals surface area contributed by atoms with E-state index in [9.17, 15) is 14.4 Å². The number of nitrogens with one attached hydrogen (secondary N) is 2. The van der Waals surface area contributed by atoms with Crippen molar-refractivity contribution < 1.29 is 19.1 Å². The number of benzene rings is 3. The van der Waals surface area contributed by atoms with Crippen molar-refractivity contribution in [3.05, 3.63) is 94.5 Å². The fourth-order valence-corrected chi connectivity index (χ4v) is 6.09. The largest absolute Gasteiger partial charge is 0.415 e. The molecule has 0 spiro atoms. The SMILES string of the molecule is CC(=O)Nc1ccc([C@H](C)NC(=O)[C@H]2CCCC[C@H]2c2ccc(CN(C(=O)Oc3cccc(C)c3C)C3CC3)cc2)cc1. The van der Waals surface area contributed by atoms with Crippen LogP contribution in [-0.2, 0) is 16.1 Å². The Labute approximate surface area is 255 Å². The molecule has 2 saturated carbocycles. The van der Waals surface area contributed by atoms with Crippen LogP contribution in [0.15, 0.2) is 66.7 Å². The molecule has 2 aliphatic carbocycles. The molecule has 0 bridgehead atoms. The van der Waals surface area contributed by atoms with E-state index in [-0.39, 0.29) is 41.8 Å². The Balaban J connectivity index is 1.22. The summed E-state index contributed by atoms with van der Waals surface area (Å²) in [6.45, 7) is 7.97. The van der Waals surface area contributed by atoms with Gasteiger partial charge in [0.2, 0.25) is 11.8 Å². The highest BCUT2D eigenvalue weighted by Crippen LogP contribution is 2.39. The van der Waals surface area contributed by atoms with Crippen LogP contribution >= 0.6 is 0 Å². The summed E-state index contributed by atoms with van der Waals surface area (Å²) in [6, 6.07) is 21.9. The third-order valence-electron chi connectivity index (χ3n) is 8.93. The van der Waals surface area contributed by atoms with Gasteiger partial charge in [0.05, 0.1) is 6.04 Å². The lowest BCUT2D eigenvalue weighted by atomic mass is 9.74. The molecule has 3 aromatic carbocycles. The highest BCUT2D eigenvalue weighted by Gasteiger charge is 2.35. The molecule has 0 radical (unpaired) electrons. The molecule has 0 aromatic heterocycles.